The zero-order valence-electron chi connectivity index (χ0n) is 16.3. The maximum Gasteiger partial charge on any atom is 0.266 e. The van der Waals surface area contributed by atoms with Crippen molar-refractivity contribution in [3.05, 3.63) is 75.9 Å². The number of carbonyl (C=O) groups excluding carboxylic acids is 1. The number of halogens is 2. The molecule has 4 aromatic rings. The predicted molar refractivity (Wildman–Crippen MR) is 121 cm³/mol. The average molecular weight is 486 g/mol. The van der Waals surface area contributed by atoms with Crippen LogP contribution in [0, 0.1) is 6.92 Å². The summed E-state index contributed by atoms with van der Waals surface area (Å²) in [5.41, 5.74) is 1.61. The molecule has 1 N–H and O–H groups in total. The third-order valence-corrected chi connectivity index (χ3v) is 5.31. The molecule has 2 aromatic carbocycles. The number of aryl methyl sites for hydroxylation is 1. The third-order valence-electron chi connectivity index (χ3n) is 4.45. The molecule has 30 heavy (non-hydrogen) atoms. The van der Waals surface area contributed by atoms with Crippen molar-refractivity contribution in [3.63, 3.8) is 0 Å². The van der Waals surface area contributed by atoms with Crippen molar-refractivity contribution in [2.45, 2.75) is 20.0 Å². The standard InChI is InChI=1S/C22H18BrClN4O2/c1-13-11-21(26-22(29)14(2)30-19-9-8-16(24)12-17(19)23)28(27-13)20-10-7-15-5-3-4-6-18(15)25-20/h3-12,14H,1-2H3,(H,26,29). The number of pyridine rings is 1. The third kappa shape index (κ3) is 4.32. The summed E-state index contributed by atoms with van der Waals surface area (Å²) in [4.78, 5) is 17.4. The Morgan fingerprint density at radius 1 is 1.17 bits per heavy atom. The van der Waals surface area contributed by atoms with Gasteiger partial charge in [-0.05, 0) is 66.2 Å². The van der Waals surface area contributed by atoms with Gasteiger partial charge in [0.25, 0.3) is 5.91 Å². The molecule has 1 atom stereocenters. The molecule has 0 aliphatic heterocycles. The lowest BCUT2D eigenvalue weighted by Crippen LogP contribution is -2.31. The zero-order valence-corrected chi connectivity index (χ0v) is 18.6. The van der Waals surface area contributed by atoms with Crippen LogP contribution < -0.4 is 10.1 Å². The van der Waals surface area contributed by atoms with Gasteiger partial charge in [-0.1, -0.05) is 29.8 Å². The van der Waals surface area contributed by atoms with Crippen molar-refractivity contribution in [1.29, 1.82) is 0 Å². The highest BCUT2D eigenvalue weighted by atomic mass is 79.9. The molecular weight excluding hydrogens is 468 g/mol. The van der Waals surface area contributed by atoms with E-state index in [1.807, 2.05) is 43.3 Å². The number of para-hydroxylation sites is 1. The van der Waals surface area contributed by atoms with Crippen LogP contribution in [-0.4, -0.2) is 26.8 Å². The van der Waals surface area contributed by atoms with Crippen LogP contribution >= 0.6 is 27.5 Å². The zero-order chi connectivity index (χ0) is 21.3. The summed E-state index contributed by atoms with van der Waals surface area (Å²) < 4.78 is 8.07. The molecule has 8 heteroatoms. The minimum atomic E-state index is -0.740. The highest BCUT2D eigenvalue weighted by Crippen LogP contribution is 2.29. The first-order valence-electron chi connectivity index (χ1n) is 9.26. The molecule has 0 aliphatic carbocycles. The highest BCUT2D eigenvalue weighted by molar-refractivity contribution is 9.10. The number of amides is 1. The van der Waals surface area contributed by atoms with Gasteiger partial charge in [0, 0.05) is 16.5 Å². The molecule has 2 aromatic heterocycles. The summed E-state index contributed by atoms with van der Waals surface area (Å²) in [6.07, 6.45) is -0.740. The monoisotopic (exact) mass is 484 g/mol. The van der Waals surface area contributed by atoms with Gasteiger partial charge in [0.15, 0.2) is 11.9 Å². The van der Waals surface area contributed by atoms with E-state index in [4.69, 9.17) is 16.3 Å². The van der Waals surface area contributed by atoms with Gasteiger partial charge in [-0.3, -0.25) is 4.79 Å². The van der Waals surface area contributed by atoms with E-state index in [-0.39, 0.29) is 5.91 Å². The fraction of sp³-hybridized carbons (Fsp3) is 0.136. The first-order chi connectivity index (χ1) is 14.4. The Kier molecular flexibility index (Phi) is 5.74. The van der Waals surface area contributed by atoms with E-state index in [9.17, 15) is 4.79 Å². The molecule has 0 saturated carbocycles. The van der Waals surface area contributed by atoms with Gasteiger partial charge < -0.3 is 10.1 Å². The second-order valence-corrected chi connectivity index (χ2v) is 8.06. The number of rotatable bonds is 5. The number of nitrogens with one attached hydrogen (secondary N) is 1. The Labute approximate surface area is 187 Å². The van der Waals surface area contributed by atoms with Crippen LogP contribution in [0.25, 0.3) is 16.7 Å². The number of nitrogens with zero attached hydrogens (tertiary/aromatic N) is 3. The maximum atomic E-state index is 12.8. The molecule has 152 valence electrons. The van der Waals surface area contributed by atoms with E-state index in [0.717, 1.165) is 16.6 Å². The lowest BCUT2D eigenvalue weighted by molar-refractivity contribution is -0.122. The Hall–Kier alpha value is -2.90. The number of aromatic nitrogens is 3. The second kappa shape index (κ2) is 8.45. The lowest BCUT2D eigenvalue weighted by Gasteiger charge is -2.16. The quantitative estimate of drug-likeness (QED) is 0.402. The van der Waals surface area contributed by atoms with Gasteiger partial charge in [-0.2, -0.15) is 9.78 Å². The summed E-state index contributed by atoms with van der Waals surface area (Å²) in [6, 6.07) is 18.6. The second-order valence-electron chi connectivity index (χ2n) is 6.77. The van der Waals surface area contributed by atoms with Gasteiger partial charge in [0.1, 0.15) is 11.6 Å². The molecule has 1 amide bonds. The maximum absolute atomic E-state index is 12.8. The van der Waals surface area contributed by atoms with E-state index in [0.29, 0.717) is 26.9 Å². The van der Waals surface area contributed by atoms with Crippen LogP contribution in [-0.2, 0) is 4.79 Å². The largest absolute Gasteiger partial charge is 0.480 e. The van der Waals surface area contributed by atoms with E-state index in [2.05, 4.69) is 31.3 Å². The number of hydrogen-bond donors (Lipinski definition) is 1. The molecule has 0 spiro atoms. The normalized spacial score (nSPS) is 12.0. The molecule has 0 radical (unpaired) electrons. The van der Waals surface area contributed by atoms with E-state index in [1.54, 1.807) is 35.9 Å². The number of carbonyl (C=O) groups is 1. The first-order valence-corrected chi connectivity index (χ1v) is 10.4. The molecule has 4 rings (SSSR count). The van der Waals surface area contributed by atoms with Crippen LogP contribution in [0.2, 0.25) is 5.02 Å². The van der Waals surface area contributed by atoms with E-state index >= 15 is 0 Å². The average Bonchev–Trinajstić information content (AvgIpc) is 3.09. The topological polar surface area (TPSA) is 69.0 Å². The number of benzene rings is 2. The van der Waals surface area contributed by atoms with Gasteiger partial charge >= 0.3 is 0 Å². The summed E-state index contributed by atoms with van der Waals surface area (Å²) in [7, 11) is 0. The SMILES string of the molecule is Cc1cc(NC(=O)C(C)Oc2ccc(Cl)cc2Br)n(-c2ccc3ccccc3n2)n1. The predicted octanol–water partition coefficient (Wildman–Crippen LogP) is 5.55. The molecule has 0 bridgehead atoms. The number of hydrogen-bond acceptors (Lipinski definition) is 4. The summed E-state index contributed by atoms with van der Waals surface area (Å²) in [5.74, 6) is 1.36. The summed E-state index contributed by atoms with van der Waals surface area (Å²) >= 11 is 9.35. The molecule has 0 saturated heterocycles. The van der Waals surface area contributed by atoms with E-state index < -0.39 is 6.10 Å². The lowest BCUT2D eigenvalue weighted by atomic mass is 10.2. The van der Waals surface area contributed by atoms with Crippen LogP contribution in [0.5, 0.6) is 5.75 Å². The minimum absolute atomic E-state index is 0.307. The minimum Gasteiger partial charge on any atom is -0.480 e. The summed E-state index contributed by atoms with van der Waals surface area (Å²) in [6.45, 7) is 3.54. The molecule has 2 heterocycles. The Morgan fingerprint density at radius 3 is 2.77 bits per heavy atom. The number of anilines is 1. The van der Waals surface area contributed by atoms with Gasteiger partial charge in [-0.15, -0.1) is 0 Å². The van der Waals surface area contributed by atoms with Gasteiger partial charge in [0.05, 0.1) is 15.7 Å². The van der Waals surface area contributed by atoms with Crippen LogP contribution in [0.1, 0.15) is 12.6 Å². The van der Waals surface area contributed by atoms with Crippen molar-refractivity contribution in [2.75, 3.05) is 5.32 Å². The Bertz CT molecular complexity index is 1240. The Morgan fingerprint density at radius 2 is 1.97 bits per heavy atom. The fourth-order valence-electron chi connectivity index (χ4n) is 2.98. The van der Waals surface area contributed by atoms with E-state index in [1.165, 1.54) is 0 Å². The van der Waals surface area contributed by atoms with Crippen molar-refractivity contribution in [2.24, 2.45) is 0 Å². The smallest absolute Gasteiger partial charge is 0.266 e. The number of fused-ring (bicyclic) bond motifs is 1. The Balaban J connectivity index is 1.56. The molecule has 0 aliphatic rings. The molecule has 6 nitrogen and oxygen atoms in total. The first kappa shape index (κ1) is 20.4. The number of ether oxygens (including phenoxy) is 1. The fourth-order valence-corrected chi connectivity index (χ4v) is 3.76. The highest BCUT2D eigenvalue weighted by Gasteiger charge is 2.19. The van der Waals surface area contributed by atoms with Crippen molar-refractivity contribution >= 4 is 50.2 Å². The van der Waals surface area contributed by atoms with Gasteiger partial charge in [-0.25, -0.2) is 4.98 Å². The van der Waals surface area contributed by atoms with Crippen LogP contribution in [0.3, 0.4) is 0 Å². The van der Waals surface area contributed by atoms with Gasteiger partial charge in [0.2, 0.25) is 0 Å². The van der Waals surface area contributed by atoms with Crippen molar-refractivity contribution in [1.82, 2.24) is 14.8 Å². The molecule has 1 unspecified atom stereocenters. The summed E-state index contributed by atoms with van der Waals surface area (Å²) in [5, 5.41) is 8.98. The van der Waals surface area contributed by atoms with Crippen LogP contribution in [0.15, 0.2) is 65.1 Å². The van der Waals surface area contributed by atoms with Crippen molar-refractivity contribution < 1.29 is 9.53 Å². The van der Waals surface area contributed by atoms with Crippen LogP contribution in [0.4, 0.5) is 5.82 Å². The van der Waals surface area contributed by atoms with Crippen molar-refractivity contribution in [3.8, 4) is 11.6 Å². The molecule has 0 fully saturated rings. The molecular formula is C22H18BrClN4O2.